The van der Waals surface area contributed by atoms with E-state index >= 15 is 0 Å². The third kappa shape index (κ3) is 2.59. The first-order valence-corrected chi connectivity index (χ1v) is 7.60. The molecule has 2 aromatic carbocycles. The largest absolute Gasteiger partial charge is 0.336 e. The van der Waals surface area contributed by atoms with Crippen LogP contribution in [-0.2, 0) is 0 Å². The van der Waals surface area contributed by atoms with Crippen molar-refractivity contribution in [3.05, 3.63) is 69.3 Å². The van der Waals surface area contributed by atoms with Gasteiger partial charge in [-0.1, -0.05) is 30.3 Å². The maximum atomic E-state index is 13.6. The Balaban J connectivity index is 2.27. The van der Waals surface area contributed by atoms with Crippen LogP contribution in [0, 0.1) is 17.5 Å². The second kappa shape index (κ2) is 5.58. The molecule has 1 N–H and O–H groups in total. The lowest BCUT2D eigenvalue weighted by atomic mass is 10.1. The highest BCUT2D eigenvalue weighted by atomic mass is 79.9. The molecule has 2 nitrogen and oxygen atoms in total. The topological polar surface area (TPSA) is 20.7 Å². The van der Waals surface area contributed by atoms with Crippen molar-refractivity contribution in [2.45, 2.75) is 6.92 Å². The molecular formula is C16H12BrFN2S. The van der Waals surface area contributed by atoms with E-state index in [-0.39, 0.29) is 5.82 Å². The van der Waals surface area contributed by atoms with Crippen molar-refractivity contribution in [3.8, 4) is 16.9 Å². The average Bonchev–Trinajstić information content (AvgIpc) is 2.85. The molecule has 3 rings (SSSR count). The molecule has 0 fully saturated rings. The molecule has 0 aliphatic heterocycles. The molecule has 0 aliphatic carbocycles. The molecule has 0 saturated carbocycles. The molecular weight excluding hydrogens is 351 g/mol. The summed E-state index contributed by atoms with van der Waals surface area (Å²) in [5, 5.41) is 0. The number of rotatable bonds is 2. The number of aromatic nitrogens is 2. The van der Waals surface area contributed by atoms with Crippen LogP contribution in [0.25, 0.3) is 16.9 Å². The predicted molar refractivity (Wildman–Crippen MR) is 88.8 cm³/mol. The van der Waals surface area contributed by atoms with E-state index in [0.717, 1.165) is 22.5 Å². The van der Waals surface area contributed by atoms with Crippen LogP contribution in [0.1, 0.15) is 5.56 Å². The Morgan fingerprint density at radius 2 is 1.90 bits per heavy atom. The summed E-state index contributed by atoms with van der Waals surface area (Å²) in [7, 11) is 0. The highest BCUT2D eigenvalue weighted by Gasteiger charge is 2.13. The Hall–Kier alpha value is -1.72. The quantitative estimate of drug-likeness (QED) is 0.604. The van der Waals surface area contributed by atoms with E-state index in [4.69, 9.17) is 12.2 Å². The average molecular weight is 363 g/mol. The molecule has 1 heterocycles. The zero-order valence-corrected chi connectivity index (χ0v) is 13.6. The zero-order chi connectivity index (χ0) is 15.0. The van der Waals surface area contributed by atoms with Gasteiger partial charge in [-0.3, -0.25) is 4.57 Å². The molecule has 0 aliphatic rings. The van der Waals surface area contributed by atoms with Crippen LogP contribution in [0.3, 0.4) is 0 Å². The molecule has 0 radical (unpaired) electrons. The Bertz CT molecular complexity index is 852. The van der Waals surface area contributed by atoms with Crippen molar-refractivity contribution in [2.24, 2.45) is 0 Å². The van der Waals surface area contributed by atoms with Crippen molar-refractivity contribution >= 4 is 28.1 Å². The summed E-state index contributed by atoms with van der Waals surface area (Å²) in [6.45, 7) is 1.87. The van der Waals surface area contributed by atoms with Gasteiger partial charge in [-0.15, -0.1) is 0 Å². The van der Waals surface area contributed by atoms with Crippen LogP contribution >= 0.6 is 28.1 Å². The van der Waals surface area contributed by atoms with Crippen molar-refractivity contribution < 1.29 is 4.39 Å². The van der Waals surface area contributed by atoms with Gasteiger partial charge in [-0.05, 0) is 52.8 Å². The molecule has 0 saturated heterocycles. The van der Waals surface area contributed by atoms with Crippen molar-refractivity contribution in [3.63, 3.8) is 0 Å². The number of imidazole rings is 1. The highest BCUT2D eigenvalue weighted by Crippen LogP contribution is 2.28. The Morgan fingerprint density at radius 3 is 2.62 bits per heavy atom. The summed E-state index contributed by atoms with van der Waals surface area (Å²) in [4.78, 5) is 3.06. The third-order valence-electron chi connectivity index (χ3n) is 3.33. The molecule has 1 aromatic heterocycles. The van der Waals surface area contributed by atoms with Gasteiger partial charge in [0.15, 0.2) is 4.77 Å². The molecule has 106 valence electrons. The molecule has 21 heavy (non-hydrogen) atoms. The Kier molecular flexibility index (Phi) is 3.78. The summed E-state index contributed by atoms with van der Waals surface area (Å²) in [6.07, 6.45) is 1.87. The minimum atomic E-state index is -0.278. The lowest BCUT2D eigenvalue weighted by Crippen LogP contribution is -2.00. The smallest absolute Gasteiger partial charge is 0.182 e. The fourth-order valence-electron chi connectivity index (χ4n) is 2.31. The molecule has 5 heteroatoms. The number of halogens is 2. The normalized spacial score (nSPS) is 10.8. The first kappa shape index (κ1) is 14.2. The number of aromatic amines is 1. The number of benzene rings is 2. The molecule has 3 aromatic rings. The second-order valence-corrected chi connectivity index (χ2v) is 5.97. The maximum absolute atomic E-state index is 13.6. The molecule has 0 amide bonds. The van der Waals surface area contributed by atoms with E-state index in [1.165, 1.54) is 6.07 Å². The molecule has 0 unspecified atom stereocenters. The van der Waals surface area contributed by atoms with Gasteiger partial charge in [0, 0.05) is 11.8 Å². The Morgan fingerprint density at radius 1 is 1.19 bits per heavy atom. The molecule has 0 spiro atoms. The summed E-state index contributed by atoms with van der Waals surface area (Å²) in [6, 6.07) is 13.2. The lowest BCUT2D eigenvalue weighted by molar-refractivity contribution is 0.619. The van der Waals surface area contributed by atoms with Crippen molar-refractivity contribution in [1.82, 2.24) is 9.55 Å². The van der Waals surface area contributed by atoms with E-state index < -0.39 is 0 Å². The van der Waals surface area contributed by atoms with E-state index in [2.05, 4.69) is 20.9 Å². The number of aryl methyl sites for hydroxylation is 1. The minimum absolute atomic E-state index is 0.278. The van der Waals surface area contributed by atoms with E-state index in [9.17, 15) is 4.39 Å². The van der Waals surface area contributed by atoms with Crippen LogP contribution in [0.2, 0.25) is 0 Å². The van der Waals surface area contributed by atoms with Crippen molar-refractivity contribution in [1.29, 1.82) is 0 Å². The molecule has 0 atom stereocenters. The monoisotopic (exact) mass is 362 g/mol. The zero-order valence-electron chi connectivity index (χ0n) is 11.2. The SMILES string of the molecule is Cc1cc(F)c(Br)cc1-n1c(-c2ccccc2)c[nH]c1=S. The Labute approximate surface area is 135 Å². The van der Waals surface area contributed by atoms with Gasteiger partial charge in [-0.2, -0.15) is 0 Å². The van der Waals surface area contributed by atoms with Crippen LogP contribution in [0.4, 0.5) is 4.39 Å². The van der Waals surface area contributed by atoms with Gasteiger partial charge < -0.3 is 4.98 Å². The van der Waals surface area contributed by atoms with Crippen LogP contribution in [-0.4, -0.2) is 9.55 Å². The maximum Gasteiger partial charge on any atom is 0.182 e. The number of hydrogen-bond donors (Lipinski definition) is 1. The number of nitrogens with zero attached hydrogens (tertiary/aromatic N) is 1. The molecule has 0 bridgehead atoms. The van der Waals surface area contributed by atoms with Gasteiger partial charge in [-0.25, -0.2) is 4.39 Å². The van der Waals surface area contributed by atoms with Gasteiger partial charge >= 0.3 is 0 Å². The van der Waals surface area contributed by atoms with E-state index in [0.29, 0.717) is 9.24 Å². The van der Waals surface area contributed by atoms with Gasteiger partial charge in [0.05, 0.1) is 15.9 Å². The van der Waals surface area contributed by atoms with E-state index in [1.54, 1.807) is 6.07 Å². The van der Waals surface area contributed by atoms with Crippen LogP contribution in [0.15, 0.2) is 53.1 Å². The van der Waals surface area contributed by atoms with Crippen LogP contribution in [0.5, 0.6) is 0 Å². The summed E-state index contributed by atoms with van der Waals surface area (Å²) >= 11 is 8.63. The highest BCUT2D eigenvalue weighted by molar-refractivity contribution is 9.10. The summed E-state index contributed by atoms with van der Waals surface area (Å²) in [5.41, 5.74) is 3.67. The summed E-state index contributed by atoms with van der Waals surface area (Å²) in [5.74, 6) is -0.278. The van der Waals surface area contributed by atoms with Crippen molar-refractivity contribution in [2.75, 3.05) is 0 Å². The van der Waals surface area contributed by atoms with Gasteiger partial charge in [0.2, 0.25) is 0 Å². The first-order chi connectivity index (χ1) is 10.1. The predicted octanol–water partition coefficient (Wildman–Crippen LogP) is 5.41. The standard InChI is InChI=1S/C16H12BrFN2S/c1-10-7-13(18)12(17)8-14(10)20-15(9-19-16(20)21)11-5-3-2-4-6-11/h2-9H,1H3,(H,19,21). The number of nitrogens with one attached hydrogen (secondary N) is 1. The fourth-order valence-corrected chi connectivity index (χ4v) is 2.89. The summed E-state index contributed by atoms with van der Waals surface area (Å²) < 4.78 is 16.6. The minimum Gasteiger partial charge on any atom is -0.336 e. The van der Waals surface area contributed by atoms with Gasteiger partial charge in [0.1, 0.15) is 5.82 Å². The second-order valence-electron chi connectivity index (χ2n) is 4.73. The van der Waals surface area contributed by atoms with Crippen LogP contribution < -0.4 is 0 Å². The lowest BCUT2D eigenvalue weighted by Gasteiger charge is -2.12. The van der Waals surface area contributed by atoms with E-state index in [1.807, 2.05) is 48.0 Å². The third-order valence-corrected chi connectivity index (χ3v) is 4.23. The number of hydrogen-bond acceptors (Lipinski definition) is 1. The number of H-pyrrole nitrogens is 1. The fraction of sp³-hybridized carbons (Fsp3) is 0.0625. The first-order valence-electron chi connectivity index (χ1n) is 6.40. The van der Waals surface area contributed by atoms with Gasteiger partial charge in [0.25, 0.3) is 0 Å².